The lowest BCUT2D eigenvalue weighted by Gasteiger charge is -2.07. The number of anilines is 1. The molecule has 0 bridgehead atoms. The number of hydrogen-bond acceptors (Lipinski definition) is 6. The van der Waals surface area contributed by atoms with Gasteiger partial charge in [-0.1, -0.05) is 12.1 Å². The minimum Gasteiger partial charge on any atom is -0.477 e. The molecule has 10 heteroatoms. The summed E-state index contributed by atoms with van der Waals surface area (Å²) in [6.45, 7) is -0.373. The lowest BCUT2D eigenvalue weighted by atomic mass is 10.2. The van der Waals surface area contributed by atoms with Crippen molar-refractivity contribution in [2.75, 3.05) is 11.9 Å². The van der Waals surface area contributed by atoms with Crippen LogP contribution in [0.25, 0.3) is 22.6 Å². The number of nitro benzene ring substituents is 1. The van der Waals surface area contributed by atoms with Crippen LogP contribution in [0.5, 0.6) is 5.75 Å². The summed E-state index contributed by atoms with van der Waals surface area (Å²) in [6, 6.07) is 16.8. The molecule has 0 aliphatic rings. The number of nitrogens with zero attached hydrogens (tertiary/aromatic N) is 2. The summed E-state index contributed by atoms with van der Waals surface area (Å²) < 4.78 is 13.1. The predicted molar refractivity (Wildman–Crippen MR) is 127 cm³/mol. The fourth-order valence-corrected chi connectivity index (χ4v) is 3.76. The number of hydrogen-bond donors (Lipinski definition) is 1. The first-order valence-corrected chi connectivity index (χ1v) is 10.8. The van der Waals surface area contributed by atoms with Crippen molar-refractivity contribution in [2.45, 2.75) is 0 Å². The Labute approximate surface area is 198 Å². The minimum atomic E-state index is -0.560. The van der Waals surface area contributed by atoms with E-state index in [1.165, 1.54) is 18.2 Å². The quantitative estimate of drug-likeness (QED) is 0.172. The number of carbonyl (C=O) groups excluding carboxylic acids is 1. The zero-order chi connectivity index (χ0) is 22.0. The Morgan fingerprint density at radius 2 is 2.00 bits per heavy atom. The maximum absolute atomic E-state index is 12.3. The number of ether oxygens (including phenoxy) is 1. The lowest BCUT2D eigenvalue weighted by Crippen LogP contribution is -2.20. The standard InChI is InChI=1S/C21H13BrIN3O5/c22-15-7-5-12(23)9-14(15)21-25-16-10-13(6-8-18(16)31-21)24-20(27)11-30-19-4-2-1-3-17(19)26(28)29/h1-10H,11H2,(H,24,27). The van der Waals surface area contributed by atoms with Gasteiger partial charge in [-0.2, -0.15) is 0 Å². The molecular formula is C21H13BrIN3O5. The highest BCUT2D eigenvalue weighted by molar-refractivity contribution is 14.1. The normalized spacial score (nSPS) is 10.8. The van der Waals surface area contributed by atoms with Gasteiger partial charge >= 0.3 is 5.69 Å². The zero-order valence-corrected chi connectivity index (χ0v) is 19.4. The first-order valence-electron chi connectivity index (χ1n) is 8.93. The Morgan fingerprint density at radius 3 is 2.81 bits per heavy atom. The summed E-state index contributed by atoms with van der Waals surface area (Å²) in [7, 11) is 0. The van der Waals surface area contributed by atoms with Gasteiger partial charge in [0.15, 0.2) is 17.9 Å². The number of aromatic nitrogens is 1. The number of halogens is 2. The molecule has 0 spiro atoms. The highest BCUT2D eigenvalue weighted by Crippen LogP contribution is 2.32. The molecule has 1 heterocycles. The van der Waals surface area contributed by atoms with E-state index in [0.717, 1.165) is 13.6 Å². The number of carbonyl (C=O) groups is 1. The topological polar surface area (TPSA) is 108 Å². The van der Waals surface area contributed by atoms with Crippen LogP contribution < -0.4 is 10.1 Å². The second-order valence-electron chi connectivity index (χ2n) is 6.39. The molecule has 4 rings (SSSR count). The van der Waals surface area contributed by atoms with Crippen molar-refractivity contribution in [2.24, 2.45) is 0 Å². The number of amides is 1. The molecule has 156 valence electrons. The van der Waals surface area contributed by atoms with E-state index in [1.54, 1.807) is 24.3 Å². The Hall–Kier alpha value is -2.99. The van der Waals surface area contributed by atoms with Crippen LogP contribution in [0.2, 0.25) is 0 Å². The van der Waals surface area contributed by atoms with Crippen LogP contribution in [0.3, 0.4) is 0 Å². The summed E-state index contributed by atoms with van der Waals surface area (Å²) >= 11 is 5.72. The average Bonchev–Trinajstić information content (AvgIpc) is 3.17. The van der Waals surface area contributed by atoms with Gasteiger partial charge in [-0.05, 0) is 81.0 Å². The van der Waals surface area contributed by atoms with Gasteiger partial charge in [0, 0.05) is 19.8 Å². The Balaban J connectivity index is 1.48. The number of para-hydroxylation sites is 2. The number of fused-ring (bicyclic) bond motifs is 1. The van der Waals surface area contributed by atoms with Crippen LogP contribution >= 0.6 is 38.5 Å². The summed E-state index contributed by atoms with van der Waals surface area (Å²) in [6.07, 6.45) is 0. The van der Waals surface area contributed by atoms with E-state index in [0.29, 0.717) is 22.7 Å². The van der Waals surface area contributed by atoms with Crippen molar-refractivity contribution in [1.82, 2.24) is 4.98 Å². The molecule has 3 aromatic carbocycles. The van der Waals surface area contributed by atoms with Crippen LogP contribution in [0.4, 0.5) is 11.4 Å². The Bertz CT molecular complexity index is 1310. The highest BCUT2D eigenvalue weighted by atomic mass is 127. The number of nitro groups is 1. The molecule has 1 amide bonds. The number of nitrogens with one attached hydrogen (secondary N) is 1. The van der Waals surface area contributed by atoms with E-state index < -0.39 is 10.8 Å². The monoisotopic (exact) mass is 593 g/mol. The fourth-order valence-electron chi connectivity index (χ4n) is 2.85. The van der Waals surface area contributed by atoms with Gasteiger partial charge < -0.3 is 14.5 Å². The predicted octanol–water partition coefficient (Wildman–Crippen LogP) is 5.79. The van der Waals surface area contributed by atoms with Crippen molar-refractivity contribution in [3.63, 3.8) is 0 Å². The maximum Gasteiger partial charge on any atom is 0.310 e. The summed E-state index contributed by atoms with van der Waals surface area (Å²) in [5, 5.41) is 13.7. The molecule has 0 aliphatic carbocycles. The van der Waals surface area contributed by atoms with Crippen molar-refractivity contribution in [3.8, 4) is 17.2 Å². The van der Waals surface area contributed by atoms with E-state index in [4.69, 9.17) is 9.15 Å². The largest absolute Gasteiger partial charge is 0.477 e. The summed E-state index contributed by atoms with van der Waals surface area (Å²) in [5.41, 5.74) is 2.29. The van der Waals surface area contributed by atoms with Gasteiger partial charge in [0.05, 0.1) is 10.5 Å². The van der Waals surface area contributed by atoms with E-state index in [9.17, 15) is 14.9 Å². The second-order valence-corrected chi connectivity index (χ2v) is 8.49. The smallest absolute Gasteiger partial charge is 0.310 e. The average molecular weight is 594 g/mol. The van der Waals surface area contributed by atoms with E-state index >= 15 is 0 Å². The van der Waals surface area contributed by atoms with Crippen LogP contribution in [-0.4, -0.2) is 22.4 Å². The molecule has 1 aromatic heterocycles. The molecule has 1 N–H and O–H groups in total. The van der Waals surface area contributed by atoms with Crippen LogP contribution in [-0.2, 0) is 4.79 Å². The molecule has 0 unspecified atom stereocenters. The summed E-state index contributed by atoms with van der Waals surface area (Å²) in [4.78, 5) is 27.2. The molecule has 8 nitrogen and oxygen atoms in total. The lowest BCUT2D eigenvalue weighted by molar-refractivity contribution is -0.385. The van der Waals surface area contributed by atoms with E-state index in [1.807, 2.05) is 18.2 Å². The molecule has 31 heavy (non-hydrogen) atoms. The Kier molecular flexibility index (Phi) is 6.18. The van der Waals surface area contributed by atoms with E-state index in [2.05, 4.69) is 48.8 Å². The Morgan fingerprint density at radius 1 is 1.19 bits per heavy atom. The van der Waals surface area contributed by atoms with Gasteiger partial charge in [0.1, 0.15) is 5.52 Å². The van der Waals surface area contributed by atoms with Crippen molar-refractivity contribution < 1.29 is 18.9 Å². The fraction of sp³-hybridized carbons (Fsp3) is 0.0476. The molecule has 0 saturated carbocycles. The molecule has 0 atom stereocenters. The number of rotatable bonds is 6. The van der Waals surface area contributed by atoms with Crippen LogP contribution in [0.1, 0.15) is 0 Å². The molecule has 0 aliphatic heterocycles. The van der Waals surface area contributed by atoms with Gasteiger partial charge in [-0.15, -0.1) is 0 Å². The van der Waals surface area contributed by atoms with Gasteiger partial charge in [0.25, 0.3) is 5.91 Å². The zero-order valence-electron chi connectivity index (χ0n) is 15.7. The molecule has 4 aromatic rings. The number of oxazole rings is 1. The van der Waals surface area contributed by atoms with Crippen LogP contribution in [0, 0.1) is 13.7 Å². The van der Waals surface area contributed by atoms with Crippen LogP contribution in [0.15, 0.2) is 69.6 Å². The highest BCUT2D eigenvalue weighted by Gasteiger charge is 2.16. The van der Waals surface area contributed by atoms with Gasteiger partial charge in [-0.3, -0.25) is 14.9 Å². The SMILES string of the molecule is O=C(COc1ccccc1[N+](=O)[O-])Nc1ccc2oc(-c3cc(I)ccc3Br)nc2c1. The van der Waals surface area contributed by atoms with Crippen molar-refractivity contribution in [3.05, 3.63) is 78.8 Å². The third-order valence-electron chi connectivity index (χ3n) is 4.25. The first kappa shape index (κ1) is 21.2. The summed E-state index contributed by atoms with van der Waals surface area (Å²) in [5.74, 6) is 0.0347. The maximum atomic E-state index is 12.3. The molecule has 0 radical (unpaired) electrons. The molecular weight excluding hydrogens is 581 g/mol. The first-order chi connectivity index (χ1) is 14.9. The third-order valence-corrected chi connectivity index (χ3v) is 5.61. The third kappa shape index (κ3) is 4.85. The van der Waals surface area contributed by atoms with Gasteiger partial charge in [0.2, 0.25) is 5.89 Å². The van der Waals surface area contributed by atoms with Crippen molar-refractivity contribution in [1.29, 1.82) is 0 Å². The molecule has 0 fully saturated rings. The molecule has 0 saturated heterocycles. The number of benzene rings is 3. The minimum absolute atomic E-state index is 0.0299. The van der Waals surface area contributed by atoms with Crippen molar-refractivity contribution >= 4 is 66.9 Å². The second kappa shape index (κ2) is 9.02. The van der Waals surface area contributed by atoms with E-state index in [-0.39, 0.29) is 18.0 Å². The van der Waals surface area contributed by atoms with Gasteiger partial charge in [-0.25, -0.2) is 4.98 Å².